The van der Waals surface area contributed by atoms with E-state index in [0.717, 1.165) is 0 Å². The molecule has 2 heterocycles. The van der Waals surface area contributed by atoms with Gasteiger partial charge in [0.2, 0.25) is 5.91 Å². The summed E-state index contributed by atoms with van der Waals surface area (Å²) in [6.45, 7) is 2.77. The Bertz CT molecular complexity index is 1070. The molecular weight excluding hydrogens is 450 g/mol. The molecule has 0 saturated carbocycles. The lowest BCUT2D eigenvalue weighted by Gasteiger charge is -2.38. The molecule has 2 fully saturated rings. The Balaban J connectivity index is 1.29. The number of para-hydroxylation sites is 1. The van der Waals surface area contributed by atoms with Crippen molar-refractivity contribution in [3.05, 3.63) is 53.6 Å². The Labute approximate surface area is 204 Å². The van der Waals surface area contributed by atoms with Crippen molar-refractivity contribution in [2.45, 2.75) is 12.8 Å². The van der Waals surface area contributed by atoms with Gasteiger partial charge in [-0.2, -0.15) is 0 Å². The number of rotatable bonds is 5. The summed E-state index contributed by atoms with van der Waals surface area (Å²) in [5, 5.41) is 9.96. The number of likely N-dealkylation sites (tertiary alicyclic amines) is 1. The number of phenols is 1. The second kappa shape index (κ2) is 10.7. The van der Waals surface area contributed by atoms with Crippen LogP contribution in [-0.4, -0.2) is 91.0 Å². The van der Waals surface area contributed by atoms with Gasteiger partial charge >= 0.3 is 0 Å². The Morgan fingerprint density at radius 2 is 1.31 bits per heavy atom. The van der Waals surface area contributed by atoms with Crippen molar-refractivity contribution in [3.63, 3.8) is 0 Å². The summed E-state index contributed by atoms with van der Waals surface area (Å²) in [6.07, 6.45) is 1.20. The molecule has 9 heteroatoms. The van der Waals surface area contributed by atoms with Crippen molar-refractivity contribution in [2.24, 2.45) is 5.92 Å². The normalized spacial score (nSPS) is 16.7. The van der Waals surface area contributed by atoms with Crippen LogP contribution in [0.25, 0.3) is 0 Å². The molecule has 35 heavy (non-hydrogen) atoms. The third-order valence-electron chi connectivity index (χ3n) is 6.74. The second-order valence-corrected chi connectivity index (χ2v) is 8.80. The lowest BCUT2D eigenvalue weighted by Crippen LogP contribution is -2.53. The summed E-state index contributed by atoms with van der Waals surface area (Å²) < 4.78 is 10.5. The molecule has 4 rings (SSSR count). The van der Waals surface area contributed by atoms with Crippen molar-refractivity contribution in [1.29, 1.82) is 0 Å². The number of carbonyl (C=O) groups excluding carboxylic acids is 3. The highest BCUT2D eigenvalue weighted by molar-refractivity contribution is 5.97. The van der Waals surface area contributed by atoms with Crippen LogP contribution in [0, 0.1) is 5.92 Å². The zero-order valence-corrected chi connectivity index (χ0v) is 20.1. The maximum atomic E-state index is 13.1. The fourth-order valence-electron chi connectivity index (χ4n) is 4.66. The van der Waals surface area contributed by atoms with Crippen molar-refractivity contribution in [1.82, 2.24) is 14.7 Å². The number of aromatic hydroxyl groups is 1. The maximum absolute atomic E-state index is 13.1. The molecule has 0 aromatic heterocycles. The fraction of sp³-hybridized carbons (Fsp3) is 0.423. The largest absolute Gasteiger partial charge is 0.507 e. The molecule has 2 aliphatic rings. The van der Waals surface area contributed by atoms with E-state index >= 15 is 0 Å². The molecule has 0 radical (unpaired) electrons. The number of amides is 3. The molecule has 2 aliphatic heterocycles. The molecule has 2 aromatic rings. The molecule has 0 bridgehead atoms. The van der Waals surface area contributed by atoms with Crippen LogP contribution in [0.1, 0.15) is 33.6 Å². The van der Waals surface area contributed by atoms with Gasteiger partial charge in [0.25, 0.3) is 11.8 Å². The standard InChI is InChI=1S/C26H31N3O6/c1-34-20-15-19(16-21(17-20)35-2)25(32)27-9-7-18(8-10-27)24(31)28-11-13-29(14-12-28)26(33)22-5-3-4-6-23(22)30/h3-6,15-18,30H,7-14H2,1-2H3. The third-order valence-corrected chi connectivity index (χ3v) is 6.74. The molecule has 2 saturated heterocycles. The van der Waals surface area contributed by atoms with E-state index in [1.165, 1.54) is 6.07 Å². The van der Waals surface area contributed by atoms with Crippen LogP contribution in [0.15, 0.2) is 42.5 Å². The van der Waals surface area contributed by atoms with Gasteiger partial charge in [-0.3, -0.25) is 14.4 Å². The van der Waals surface area contributed by atoms with Crippen LogP contribution >= 0.6 is 0 Å². The zero-order valence-electron chi connectivity index (χ0n) is 20.1. The average molecular weight is 482 g/mol. The van der Waals surface area contributed by atoms with Crippen molar-refractivity contribution < 1.29 is 29.0 Å². The molecule has 0 unspecified atom stereocenters. The predicted octanol–water partition coefficient (Wildman–Crippen LogP) is 2.25. The quantitative estimate of drug-likeness (QED) is 0.703. The van der Waals surface area contributed by atoms with Crippen LogP contribution in [-0.2, 0) is 4.79 Å². The SMILES string of the molecule is COc1cc(OC)cc(C(=O)N2CCC(C(=O)N3CCN(C(=O)c4ccccc4O)CC3)CC2)c1. The fourth-order valence-corrected chi connectivity index (χ4v) is 4.66. The van der Waals surface area contributed by atoms with Crippen molar-refractivity contribution in [3.8, 4) is 17.2 Å². The Morgan fingerprint density at radius 3 is 1.89 bits per heavy atom. The van der Waals surface area contributed by atoms with Gasteiger partial charge in [-0.25, -0.2) is 0 Å². The topological polar surface area (TPSA) is 99.6 Å². The number of carbonyl (C=O) groups is 3. The number of ether oxygens (including phenoxy) is 2. The molecule has 0 aliphatic carbocycles. The number of benzene rings is 2. The first-order chi connectivity index (χ1) is 16.9. The van der Waals surface area contributed by atoms with Crippen molar-refractivity contribution in [2.75, 3.05) is 53.5 Å². The highest BCUT2D eigenvalue weighted by Crippen LogP contribution is 2.26. The molecule has 186 valence electrons. The van der Waals surface area contributed by atoms with Gasteiger partial charge in [0, 0.05) is 56.8 Å². The maximum Gasteiger partial charge on any atom is 0.257 e. The summed E-state index contributed by atoms with van der Waals surface area (Å²) in [6, 6.07) is 11.6. The first kappa shape index (κ1) is 24.4. The molecule has 0 spiro atoms. The monoisotopic (exact) mass is 481 g/mol. The molecule has 2 aromatic carbocycles. The van der Waals surface area contributed by atoms with Gasteiger partial charge in [0.05, 0.1) is 19.8 Å². The van der Waals surface area contributed by atoms with E-state index in [9.17, 15) is 19.5 Å². The minimum atomic E-state index is -0.226. The van der Waals surface area contributed by atoms with Gasteiger partial charge in [-0.05, 0) is 37.1 Å². The van der Waals surface area contributed by atoms with E-state index in [4.69, 9.17) is 9.47 Å². The highest BCUT2D eigenvalue weighted by Gasteiger charge is 2.33. The second-order valence-electron chi connectivity index (χ2n) is 8.80. The van der Waals surface area contributed by atoms with Crippen LogP contribution in [0.5, 0.6) is 17.2 Å². The molecular formula is C26H31N3O6. The number of piperazine rings is 1. The van der Waals surface area contributed by atoms with E-state index in [-0.39, 0.29) is 35.0 Å². The summed E-state index contributed by atoms with van der Waals surface area (Å²) in [5.74, 6) is 0.676. The van der Waals surface area contributed by atoms with Gasteiger partial charge in [0.15, 0.2) is 0 Å². The summed E-state index contributed by atoms with van der Waals surface area (Å²) in [7, 11) is 3.09. The van der Waals surface area contributed by atoms with E-state index in [1.54, 1.807) is 60.4 Å². The average Bonchev–Trinajstić information content (AvgIpc) is 2.92. The molecule has 1 N–H and O–H groups in total. The van der Waals surface area contributed by atoms with E-state index in [2.05, 4.69) is 0 Å². The molecule has 0 atom stereocenters. The summed E-state index contributed by atoms with van der Waals surface area (Å²) >= 11 is 0. The molecule has 9 nitrogen and oxygen atoms in total. The number of piperidine rings is 1. The summed E-state index contributed by atoms with van der Waals surface area (Å²) in [4.78, 5) is 44.1. The minimum Gasteiger partial charge on any atom is -0.507 e. The highest BCUT2D eigenvalue weighted by atomic mass is 16.5. The number of phenolic OH excluding ortho intramolecular Hbond substituents is 1. The van der Waals surface area contributed by atoms with E-state index in [1.807, 2.05) is 4.90 Å². The smallest absolute Gasteiger partial charge is 0.257 e. The van der Waals surface area contributed by atoms with Gasteiger partial charge < -0.3 is 29.3 Å². The predicted molar refractivity (Wildman–Crippen MR) is 129 cm³/mol. The minimum absolute atomic E-state index is 0.0373. The number of methoxy groups -OCH3 is 2. The lowest BCUT2D eigenvalue weighted by molar-refractivity contribution is -0.138. The number of hydrogen-bond donors (Lipinski definition) is 1. The summed E-state index contributed by atoms with van der Waals surface area (Å²) in [5.41, 5.74) is 0.772. The Kier molecular flexibility index (Phi) is 7.43. The molecule has 3 amide bonds. The van der Waals surface area contributed by atoms with Crippen molar-refractivity contribution >= 4 is 17.7 Å². The van der Waals surface area contributed by atoms with Gasteiger partial charge in [-0.1, -0.05) is 12.1 Å². The van der Waals surface area contributed by atoms with Crippen LogP contribution < -0.4 is 9.47 Å². The third kappa shape index (κ3) is 5.34. The van der Waals surface area contributed by atoms with Crippen LogP contribution in [0.4, 0.5) is 0 Å². The Morgan fingerprint density at radius 1 is 0.771 bits per heavy atom. The zero-order chi connectivity index (χ0) is 24.9. The lowest BCUT2D eigenvalue weighted by atomic mass is 9.94. The first-order valence-electron chi connectivity index (χ1n) is 11.8. The van der Waals surface area contributed by atoms with Crippen LogP contribution in [0.3, 0.4) is 0 Å². The van der Waals surface area contributed by atoms with Gasteiger partial charge in [0.1, 0.15) is 17.2 Å². The number of nitrogens with zero attached hydrogens (tertiary/aromatic N) is 3. The Hall–Kier alpha value is -3.75. The van der Waals surface area contributed by atoms with Gasteiger partial charge in [-0.15, -0.1) is 0 Å². The van der Waals surface area contributed by atoms with E-state index < -0.39 is 0 Å². The van der Waals surface area contributed by atoms with Crippen LogP contribution in [0.2, 0.25) is 0 Å². The first-order valence-corrected chi connectivity index (χ1v) is 11.8. The van der Waals surface area contributed by atoms with E-state index in [0.29, 0.717) is 69.2 Å². The number of hydrogen-bond acceptors (Lipinski definition) is 6.